The molecular weight excluding hydrogens is 435 g/mol. The highest BCUT2D eigenvalue weighted by Gasteiger charge is 2.33. The van der Waals surface area contributed by atoms with Gasteiger partial charge in [-0.15, -0.1) is 0 Å². The van der Waals surface area contributed by atoms with Crippen LogP contribution in [0.25, 0.3) is 0 Å². The van der Waals surface area contributed by atoms with Crippen molar-refractivity contribution in [2.45, 2.75) is 57.2 Å². The van der Waals surface area contributed by atoms with Gasteiger partial charge >= 0.3 is 5.97 Å². The summed E-state index contributed by atoms with van der Waals surface area (Å²) in [5.74, 6) is -4.02. The lowest BCUT2D eigenvalue weighted by Crippen LogP contribution is -2.54. The molecule has 0 radical (unpaired) electrons. The first-order valence-corrected chi connectivity index (χ1v) is 10.6. The maximum absolute atomic E-state index is 13.0. The number of aliphatic carboxylic acids is 1. The van der Waals surface area contributed by atoms with E-state index >= 15 is 0 Å². The Kier molecular flexibility index (Phi) is 9.64. The second-order valence-corrected chi connectivity index (χ2v) is 7.82. The lowest BCUT2D eigenvalue weighted by atomic mass is 10.1. The Bertz CT molecular complexity index is 901. The van der Waals surface area contributed by atoms with E-state index in [0.717, 1.165) is 0 Å². The Balaban J connectivity index is 2.05. The largest absolute Gasteiger partial charge is 0.481 e. The molecule has 11 heteroatoms. The number of nitrogens with one attached hydrogen (secondary N) is 4. The van der Waals surface area contributed by atoms with Crippen molar-refractivity contribution < 1.29 is 33.5 Å². The molecule has 178 valence electrons. The number of Topliss-reactive ketones (excluding diaryl/α,β-unsaturated/α-hetero) is 1. The molecule has 0 bridgehead atoms. The smallest absolute Gasteiger partial charge is 0.303 e. The molecule has 1 aliphatic carbocycles. The number of rotatable bonds is 14. The fourth-order valence-corrected chi connectivity index (χ4v) is 2.99. The summed E-state index contributed by atoms with van der Waals surface area (Å²) in [6, 6.07) is 3.12. The van der Waals surface area contributed by atoms with Gasteiger partial charge in [0, 0.05) is 25.3 Å². The molecule has 1 fully saturated rings. The number of benzene rings is 1. The van der Waals surface area contributed by atoms with Crippen molar-refractivity contribution in [2.24, 2.45) is 5.92 Å². The van der Waals surface area contributed by atoms with Crippen LogP contribution in [0.4, 0.5) is 4.39 Å². The number of halogens is 1. The molecule has 1 aromatic rings. The third-order valence-corrected chi connectivity index (χ3v) is 5.08. The van der Waals surface area contributed by atoms with E-state index in [1.165, 1.54) is 24.3 Å². The molecule has 1 aromatic carbocycles. The van der Waals surface area contributed by atoms with Gasteiger partial charge in [0.2, 0.25) is 17.7 Å². The zero-order valence-corrected chi connectivity index (χ0v) is 17.9. The highest BCUT2D eigenvalue weighted by atomic mass is 19.1. The van der Waals surface area contributed by atoms with E-state index in [1.807, 2.05) is 0 Å². The standard InChI is InChI=1S/C22H27FN4O6/c23-15-5-1-13(2-6-15)12-25-21(32)17(8-7-16(28)11-24)27-22(33)18(9-10-19(29)30)26-20(31)14-3-4-14/h1-2,5-6,11,14,17-18,24H,3-4,7-10,12H2,(H,25,32)(H,26,31)(H,27,33)(H,29,30)/t17-,18-/m0/s1. The number of amides is 3. The highest BCUT2D eigenvalue weighted by Crippen LogP contribution is 2.29. The lowest BCUT2D eigenvalue weighted by molar-refractivity contribution is -0.138. The average Bonchev–Trinajstić information content (AvgIpc) is 3.63. The summed E-state index contributed by atoms with van der Waals surface area (Å²) in [6.07, 6.45) is 1.20. The zero-order chi connectivity index (χ0) is 24.4. The first-order chi connectivity index (χ1) is 15.7. The van der Waals surface area contributed by atoms with E-state index in [1.54, 1.807) is 0 Å². The summed E-state index contributed by atoms with van der Waals surface area (Å²) in [5.41, 5.74) is 0.612. The number of ketones is 1. The van der Waals surface area contributed by atoms with Gasteiger partial charge in [-0.2, -0.15) is 0 Å². The van der Waals surface area contributed by atoms with Gasteiger partial charge in [0.05, 0.1) is 6.21 Å². The molecule has 0 aliphatic heterocycles. The fourth-order valence-electron chi connectivity index (χ4n) is 2.99. The maximum Gasteiger partial charge on any atom is 0.303 e. The number of carbonyl (C=O) groups excluding carboxylic acids is 4. The maximum atomic E-state index is 13.0. The van der Waals surface area contributed by atoms with Crippen molar-refractivity contribution in [2.75, 3.05) is 0 Å². The molecule has 0 unspecified atom stereocenters. The minimum atomic E-state index is -1.16. The van der Waals surface area contributed by atoms with Crippen molar-refractivity contribution >= 4 is 35.7 Å². The second-order valence-electron chi connectivity index (χ2n) is 7.82. The number of carbonyl (C=O) groups is 5. The summed E-state index contributed by atoms with van der Waals surface area (Å²) in [6.45, 7) is 0.0465. The van der Waals surface area contributed by atoms with Gasteiger partial charge in [0.1, 0.15) is 17.9 Å². The monoisotopic (exact) mass is 462 g/mol. The van der Waals surface area contributed by atoms with Crippen LogP contribution in [0.5, 0.6) is 0 Å². The molecule has 2 rings (SSSR count). The molecule has 0 saturated heterocycles. The van der Waals surface area contributed by atoms with Crippen molar-refractivity contribution in [1.82, 2.24) is 16.0 Å². The third kappa shape index (κ3) is 9.17. The summed E-state index contributed by atoms with van der Waals surface area (Å²) in [7, 11) is 0. The SMILES string of the molecule is N=CC(=O)CC[C@H](NC(=O)[C@H](CCC(=O)O)NC(=O)C1CC1)C(=O)NCc1ccc(F)cc1. The van der Waals surface area contributed by atoms with E-state index < -0.39 is 41.5 Å². The van der Waals surface area contributed by atoms with E-state index in [-0.39, 0.29) is 44.1 Å². The molecule has 3 amide bonds. The van der Waals surface area contributed by atoms with Gasteiger partial charge in [-0.3, -0.25) is 24.0 Å². The van der Waals surface area contributed by atoms with Crippen LogP contribution in [-0.2, 0) is 30.5 Å². The predicted octanol–water partition coefficient (Wildman–Crippen LogP) is 0.685. The van der Waals surface area contributed by atoms with Crippen molar-refractivity contribution in [3.63, 3.8) is 0 Å². The van der Waals surface area contributed by atoms with Crippen LogP contribution in [0, 0.1) is 17.1 Å². The Morgan fingerprint density at radius 2 is 1.61 bits per heavy atom. The number of hydrogen-bond acceptors (Lipinski definition) is 6. The molecule has 5 N–H and O–H groups in total. The molecule has 33 heavy (non-hydrogen) atoms. The van der Waals surface area contributed by atoms with Gasteiger partial charge in [-0.1, -0.05) is 12.1 Å². The van der Waals surface area contributed by atoms with E-state index in [0.29, 0.717) is 24.6 Å². The van der Waals surface area contributed by atoms with Gasteiger partial charge in [-0.25, -0.2) is 4.39 Å². The van der Waals surface area contributed by atoms with Crippen molar-refractivity contribution in [1.29, 1.82) is 5.41 Å². The molecule has 0 spiro atoms. The Morgan fingerprint density at radius 3 is 2.18 bits per heavy atom. The second kappa shape index (κ2) is 12.4. The van der Waals surface area contributed by atoms with Gasteiger partial charge in [-0.05, 0) is 43.4 Å². The van der Waals surface area contributed by atoms with Gasteiger partial charge in [0.15, 0.2) is 5.78 Å². The van der Waals surface area contributed by atoms with Crippen LogP contribution in [0.1, 0.15) is 44.1 Å². The lowest BCUT2D eigenvalue weighted by Gasteiger charge is -2.23. The molecule has 0 heterocycles. The van der Waals surface area contributed by atoms with Gasteiger partial charge < -0.3 is 26.5 Å². The van der Waals surface area contributed by atoms with Gasteiger partial charge in [0.25, 0.3) is 0 Å². The first kappa shape index (κ1) is 25.6. The Morgan fingerprint density at radius 1 is 1.00 bits per heavy atom. The van der Waals surface area contributed by atoms with Crippen LogP contribution >= 0.6 is 0 Å². The summed E-state index contributed by atoms with van der Waals surface area (Å²) in [4.78, 5) is 60.1. The van der Waals surface area contributed by atoms with E-state index in [4.69, 9.17) is 10.5 Å². The van der Waals surface area contributed by atoms with Crippen LogP contribution in [-0.4, -0.2) is 52.9 Å². The van der Waals surface area contributed by atoms with E-state index in [9.17, 15) is 28.4 Å². The van der Waals surface area contributed by atoms with Crippen LogP contribution in [0.3, 0.4) is 0 Å². The zero-order valence-electron chi connectivity index (χ0n) is 17.9. The van der Waals surface area contributed by atoms with Crippen molar-refractivity contribution in [3.05, 3.63) is 35.6 Å². The quantitative estimate of drug-likeness (QED) is 0.255. The van der Waals surface area contributed by atoms with Crippen LogP contribution in [0.2, 0.25) is 0 Å². The Hall–Kier alpha value is -3.63. The predicted molar refractivity (Wildman–Crippen MR) is 115 cm³/mol. The molecule has 2 atom stereocenters. The summed E-state index contributed by atoms with van der Waals surface area (Å²) >= 11 is 0. The normalized spacial score (nSPS) is 14.5. The fraction of sp³-hybridized carbons (Fsp3) is 0.455. The number of carboxylic acid groups (broad SMARTS) is 1. The molecule has 0 aromatic heterocycles. The molecule has 1 aliphatic rings. The topological polar surface area (TPSA) is 166 Å². The average molecular weight is 462 g/mol. The van der Waals surface area contributed by atoms with Crippen molar-refractivity contribution in [3.8, 4) is 0 Å². The third-order valence-electron chi connectivity index (χ3n) is 5.08. The number of hydrogen-bond donors (Lipinski definition) is 5. The minimum absolute atomic E-state index is 0.0465. The van der Waals surface area contributed by atoms with Crippen LogP contribution < -0.4 is 16.0 Å². The Labute approximate surface area is 189 Å². The van der Waals surface area contributed by atoms with Crippen LogP contribution in [0.15, 0.2) is 24.3 Å². The molecule has 1 saturated carbocycles. The minimum Gasteiger partial charge on any atom is -0.481 e. The van der Waals surface area contributed by atoms with E-state index in [2.05, 4.69) is 16.0 Å². The highest BCUT2D eigenvalue weighted by molar-refractivity contribution is 6.26. The summed E-state index contributed by atoms with van der Waals surface area (Å²) in [5, 5.41) is 23.6. The summed E-state index contributed by atoms with van der Waals surface area (Å²) < 4.78 is 13.0. The first-order valence-electron chi connectivity index (χ1n) is 10.6. The molecular formula is C22H27FN4O6. The number of carboxylic acids is 1. The molecule has 10 nitrogen and oxygen atoms in total.